The fourth-order valence-corrected chi connectivity index (χ4v) is 3.15. The number of rotatable bonds is 6. The maximum atomic E-state index is 12.1. The number of aliphatic carboxylic acids is 1. The van der Waals surface area contributed by atoms with Crippen molar-refractivity contribution in [2.75, 3.05) is 33.4 Å². The Labute approximate surface area is 138 Å². The van der Waals surface area contributed by atoms with Crippen molar-refractivity contribution in [2.24, 2.45) is 5.41 Å². The first kappa shape index (κ1) is 17.4. The lowest BCUT2D eigenvalue weighted by molar-refractivity contribution is -0.154. The summed E-state index contributed by atoms with van der Waals surface area (Å²) in [6.07, 6.45) is 0.735. The molecular weight excluding hydrogens is 320 g/mol. The van der Waals surface area contributed by atoms with Crippen LogP contribution in [0.2, 0.25) is 0 Å². The molecule has 0 bridgehead atoms. The normalized spacial score (nSPS) is 16.6. The molecule has 126 valence electrons. The molecule has 2 amide bonds. The lowest BCUT2D eigenvalue weighted by Crippen LogP contribution is -2.48. The fourth-order valence-electron chi connectivity index (χ4n) is 2.43. The summed E-state index contributed by atoms with van der Waals surface area (Å²) < 4.78 is 5.19. The molecule has 1 fully saturated rings. The van der Waals surface area contributed by atoms with Crippen molar-refractivity contribution in [1.29, 1.82) is 0 Å². The minimum absolute atomic E-state index is 0.0472. The zero-order chi connectivity index (χ0) is 16.9. The molecule has 0 aromatic carbocycles. The number of nitrogens with zero attached hydrogens (tertiary/aromatic N) is 1. The van der Waals surface area contributed by atoms with Crippen LogP contribution in [0, 0.1) is 5.41 Å². The van der Waals surface area contributed by atoms with Gasteiger partial charge in [-0.1, -0.05) is 6.07 Å². The van der Waals surface area contributed by atoms with E-state index in [1.165, 1.54) is 16.2 Å². The van der Waals surface area contributed by atoms with Gasteiger partial charge in [0.15, 0.2) is 0 Å². The Morgan fingerprint density at radius 1 is 1.39 bits per heavy atom. The van der Waals surface area contributed by atoms with Gasteiger partial charge in [0.25, 0.3) is 5.91 Å². The van der Waals surface area contributed by atoms with Crippen LogP contribution >= 0.6 is 11.3 Å². The van der Waals surface area contributed by atoms with E-state index in [0.717, 1.165) is 0 Å². The van der Waals surface area contributed by atoms with Gasteiger partial charge in [-0.05, 0) is 24.3 Å². The molecule has 0 aliphatic carbocycles. The molecule has 8 heteroatoms. The Kier molecular flexibility index (Phi) is 5.73. The molecule has 0 saturated carbocycles. The Balaban J connectivity index is 1.86. The van der Waals surface area contributed by atoms with E-state index in [0.29, 0.717) is 30.9 Å². The Bertz CT molecular complexity index is 566. The SMILES string of the molecule is CN(CC(=O)NCC1(C(=O)O)CCOCC1)C(=O)c1cccs1. The molecule has 23 heavy (non-hydrogen) atoms. The number of nitrogens with one attached hydrogen (secondary N) is 1. The largest absolute Gasteiger partial charge is 0.481 e. The van der Waals surface area contributed by atoms with Crippen LogP contribution in [-0.2, 0) is 14.3 Å². The number of carbonyl (C=O) groups is 3. The van der Waals surface area contributed by atoms with Crippen LogP contribution in [0.3, 0.4) is 0 Å². The molecule has 0 atom stereocenters. The molecule has 1 aromatic rings. The number of likely N-dealkylation sites (N-methyl/N-ethyl adjacent to an activating group) is 1. The maximum absolute atomic E-state index is 12.1. The number of hydrogen-bond acceptors (Lipinski definition) is 5. The summed E-state index contributed by atoms with van der Waals surface area (Å²) in [4.78, 5) is 37.5. The number of ether oxygens (including phenoxy) is 1. The second-order valence-corrected chi connectivity index (χ2v) is 6.56. The number of carbonyl (C=O) groups excluding carboxylic acids is 2. The van der Waals surface area contributed by atoms with Gasteiger partial charge in [0.1, 0.15) is 0 Å². The van der Waals surface area contributed by atoms with E-state index in [2.05, 4.69) is 5.32 Å². The summed E-state index contributed by atoms with van der Waals surface area (Å²) in [5.74, 6) is -1.53. The summed E-state index contributed by atoms with van der Waals surface area (Å²) in [6, 6.07) is 3.47. The Morgan fingerprint density at radius 2 is 2.09 bits per heavy atom. The van der Waals surface area contributed by atoms with Crippen molar-refractivity contribution < 1.29 is 24.2 Å². The van der Waals surface area contributed by atoms with E-state index >= 15 is 0 Å². The van der Waals surface area contributed by atoms with Crippen LogP contribution in [0.25, 0.3) is 0 Å². The number of amides is 2. The topological polar surface area (TPSA) is 95.9 Å². The van der Waals surface area contributed by atoms with Crippen molar-refractivity contribution in [3.05, 3.63) is 22.4 Å². The van der Waals surface area contributed by atoms with Gasteiger partial charge >= 0.3 is 5.97 Å². The van der Waals surface area contributed by atoms with E-state index in [4.69, 9.17) is 4.74 Å². The Hall–Kier alpha value is -1.93. The highest BCUT2D eigenvalue weighted by Gasteiger charge is 2.40. The zero-order valence-corrected chi connectivity index (χ0v) is 13.7. The van der Waals surface area contributed by atoms with Crippen LogP contribution in [0.5, 0.6) is 0 Å². The highest BCUT2D eigenvalue weighted by molar-refractivity contribution is 7.12. The molecule has 0 radical (unpaired) electrons. The van der Waals surface area contributed by atoms with Gasteiger partial charge in [-0.25, -0.2) is 0 Å². The number of carboxylic acids is 1. The minimum atomic E-state index is -0.982. The Morgan fingerprint density at radius 3 is 2.65 bits per heavy atom. The third kappa shape index (κ3) is 4.29. The highest BCUT2D eigenvalue weighted by Crippen LogP contribution is 2.30. The predicted molar refractivity (Wildman–Crippen MR) is 84.4 cm³/mol. The van der Waals surface area contributed by atoms with Crippen LogP contribution in [0.1, 0.15) is 22.5 Å². The first-order chi connectivity index (χ1) is 10.9. The van der Waals surface area contributed by atoms with E-state index < -0.39 is 11.4 Å². The van der Waals surface area contributed by atoms with Crippen molar-refractivity contribution in [3.8, 4) is 0 Å². The van der Waals surface area contributed by atoms with E-state index in [9.17, 15) is 19.5 Å². The van der Waals surface area contributed by atoms with Crippen LogP contribution < -0.4 is 5.32 Å². The predicted octanol–water partition coefficient (Wildman–Crippen LogP) is 0.818. The van der Waals surface area contributed by atoms with Crippen molar-refractivity contribution in [1.82, 2.24) is 10.2 Å². The fraction of sp³-hybridized carbons (Fsp3) is 0.533. The van der Waals surface area contributed by atoms with Crippen LogP contribution in [-0.4, -0.2) is 61.1 Å². The van der Waals surface area contributed by atoms with Gasteiger partial charge in [-0.3, -0.25) is 14.4 Å². The van der Waals surface area contributed by atoms with Gasteiger partial charge in [0.2, 0.25) is 5.91 Å². The average Bonchev–Trinajstić information content (AvgIpc) is 3.07. The van der Waals surface area contributed by atoms with E-state index in [1.807, 2.05) is 0 Å². The lowest BCUT2D eigenvalue weighted by atomic mass is 9.80. The molecule has 1 aliphatic rings. The molecule has 1 saturated heterocycles. The molecule has 0 unspecified atom stereocenters. The zero-order valence-electron chi connectivity index (χ0n) is 12.9. The van der Waals surface area contributed by atoms with Crippen molar-refractivity contribution >= 4 is 29.1 Å². The average molecular weight is 340 g/mol. The summed E-state index contributed by atoms with van der Waals surface area (Å²) >= 11 is 1.31. The summed E-state index contributed by atoms with van der Waals surface area (Å²) in [6.45, 7) is 0.687. The highest BCUT2D eigenvalue weighted by atomic mass is 32.1. The van der Waals surface area contributed by atoms with E-state index in [1.54, 1.807) is 24.6 Å². The smallest absolute Gasteiger partial charge is 0.311 e. The van der Waals surface area contributed by atoms with Gasteiger partial charge in [-0.2, -0.15) is 0 Å². The van der Waals surface area contributed by atoms with Crippen LogP contribution in [0.15, 0.2) is 17.5 Å². The number of thiophene rings is 1. The minimum Gasteiger partial charge on any atom is -0.481 e. The standard InChI is InChI=1S/C15H20N2O5S/c1-17(13(19)11-3-2-8-23-11)9-12(18)16-10-15(14(20)21)4-6-22-7-5-15/h2-3,8H,4-7,9-10H2,1H3,(H,16,18)(H,20,21). The summed E-state index contributed by atoms with van der Waals surface area (Å²) in [7, 11) is 1.54. The quantitative estimate of drug-likeness (QED) is 0.799. The van der Waals surface area contributed by atoms with Gasteiger partial charge in [0, 0.05) is 26.8 Å². The first-order valence-corrected chi connectivity index (χ1v) is 8.19. The lowest BCUT2D eigenvalue weighted by Gasteiger charge is -2.33. The third-order valence-corrected chi connectivity index (χ3v) is 4.84. The monoisotopic (exact) mass is 340 g/mol. The molecule has 1 aliphatic heterocycles. The number of carboxylic acid groups (broad SMARTS) is 1. The van der Waals surface area contributed by atoms with Crippen molar-refractivity contribution in [2.45, 2.75) is 12.8 Å². The molecule has 0 spiro atoms. The molecule has 2 N–H and O–H groups in total. The van der Waals surface area contributed by atoms with Crippen LogP contribution in [0.4, 0.5) is 0 Å². The summed E-state index contributed by atoms with van der Waals surface area (Å²) in [5.41, 5.74) is -0.982. The van der Waals surface area contributed by atoms with Gasteiger partial charge < -0.3 is 20.1 Å². The second kappa shape index (κ2) is 7.56. The van der Waals surface area contributed by atoms with Gasteiger partial charge in [0.05, 0.1) is 16.8 Å². The molecular formula is C15H20N2O5S. The third-order valence-electron chi connectivity index (χ3n) is 3.99. The van der Waals surface area contributed by atoms with Gasteiger partial charge in [-0.15, -0.1) is 11.3 Å². The molecule has 2 heterocycles. The molecule has 2 rings (SSSR count). The first-order valence-electron chi connectivity index (χ1n) is 7.31. The van der Waals surface area contributed by atoms with E-state index in [-0.39, 0.29) is 24.9 Å². The second-order valence-electron chi connectivity index (χ2n) is 5.61. The number of hydrogen-bond donors (Lipinski definition) is 2. The molecule has 7 nitrogen and oxygen atoms in total. The maximum Gasteiger partial charge on any atom is 0.311 e. The summed E-state index contributed by atoms with van der Waals surface area (Å²) in [5, 5.41) is 13.9. The van der Waals surface area contributed by atoms with Crippen molar-refractivity contribution in [3.63, 3.8) is 0 Å². The molecule has 1 aromatic heterocycles.